The van der Waals surface area contributed by atoms with E-state index in [9.17, 15) is 23.5 Å². The number of fused-ring (bicyclic) bond motifs is 1. The minimum Gasteiger partial charge on any atom is -0.477 e. The van der Waals surface area contributed by atoms with E-state index >= 15 is 8.78 Å². The average molecular weight is 454 g/mol. The van der Waals surface area contributed by atoms with Gasteiger partial charge in [-0.15, -0.1) is 0 Å². The second-order valence-electron chi connectivity index (χ2n) is 9.19. The van der Waals surface area contributed by atoms with Crippen LogP contribution in [0.1, 0.15) is 42.1 Å². The molecule has 1 saturated heterocycles. The maximum Gasteiger partial charge on any atom is 0.341 e. The van der Waals surface area contributed by atoms with Gasteiger partial charge in [-0.05, 0) is 25.2 Å². The summed E-state index contributed by atoms with van der Waals surface area (Å²) in [6.07, 6.45) is -0.560. The van der Waals surface area contributed by atoms with Gasteiger partial charge in [0, 0.05) is 31.2 Å². The molecule has 1 aromatic carbocycles. The molecule has 2 aliphatic carbocycles. The lowest BCUT2D eigenvalue weighted by Crippen LogP contribution is -2.58. The Morgan fingerprint density at radius 2 is 1.88 bits per heavy atom. The Morgan fingerprint density at radius 1 is 1.22 bits per heavy atom. The van der Waals surface area contributed by atoms with Crippen LogP contribution in [0.5, 0.6) is 0 Å². The molecule has 7 nitrogen and oxygen atoms in total. The summed E-state index contributed by atoms with van der Waals surface area (Å²) >= 11 is 0. The molecule has 3 fully saturated rings. The van der Waals surface area contributed by atoms with E-state index < -0.39 is 74.8 Å². The maximum atomic E-state index is 15.8. The number of alkyl halides is 2. The zero-order chi connectivity index (χ0) is 23.1. The monoisotopic (exact) mass is 454 g/mol. The lowest BCUT2D eigenvalue weighted by Gasteiger charge is -2.45. The van der Waals surface area contributed by atoms with Gasteiger partial charge in [-0.25, -0.2) is 22.4 Å². The van der Waals surface area contributed by atoms with Gasteiger partial charge in [-0.1, -0.05) is 0 Å². The zero-order valence-electron chi connectivity index (χ0n) is 17.0. The second kappa shape index (κ2) is 6.84. The minimum absolute atomic E-state index is 0.00889. The zero-order valence-corrected chi connectivity index (χ0v) is 17.0. The van der Waals surface area contributed by atoms with Gasteiger partial charge in [-0.3, -0.25) is 4.79 Å². The number of hydrogen-bond acceptors (Lipinski definition) is 5. The van der Waals surface area contributed by atoms with Crippen molar-refractivity contribution < 1.29 is 27.5 Å². The Bertz CT molecular complexity index is 1210. The van der Waals surface area contributed by atoms with Crippen molar-refractivity contribution >= 4 is 28.2 Å². The first-order valence-corrected chi connectivity index (χ1v) is 10.4. The van der Waals surface area contributed by atoms with Crippen molar-refractivity contribution in [3.8, 4) is 0 Å². The fourth-order valence-electron chi connectivity index (χ4n) is 5.21. The van der Waals surface area contributed by atoms with Crippen molar-refractivity contribution in [1.29, 1.82) is 0 Å². The third-order valence-electron chi connectivity index (χ3n) is 7.15. The van der Waals surface area contributed by atoms with Gasteiger partial charge in [0.2, 0.25) is 5.43 Å². The van der Waals surface area contributed by atoms with E-state index in [2.05, 4.69) is 0 Å². The van der Waals surface area contributed by atoms with Gasteiger partial charge < -0.3 is 26.0 Å². The van der Waals surface area contributed by atoms with Crippen LogP contribution in [0.4, 0.5) is 28.9 Å². The first kappa shape index (κ1) is 21.0. The number of hydrogen-bond donors (Lipinski definition) is 3. The Morgan fingerprint density at radius 3 is 2.44 bits per heavy atom. The Balaban J connectivity index is 1.66. The number of anilines is 2. The molecule has 3 atom stereocenters. The topological polar surface area (TPSA) is 115 Å². The predicted octanol–water partition coefficient (Wildman–Crippen LogP) is 2.50. The fourth-order valence-corrected chi connectivity index (χ4v) is 5.21. The molecule has 0 bridgehead atoms. The number of carboxylic acid groups (broad SMARTS) is 1. The van der Waals surface area contributed by atoms with Crippen LogP contribution in [0.25, 0.3) is 10.9 Å². The molecule has 2 saturated carbocycles. The van der Waals surface area contributed by atoms with Crippen molar-refractivity contribution in [2.75, 3.05) is 23.7 Å². The van der Waals surface area contributed by atoms with Crippen LogP contribution in [0.15, 0.2) is 11.0 Å². The SMILES string of the molecule is Nc1c(F)c(N2CCC(C3(N)CC(F)C3)C2)c(F)c2c1c(=O)c(C(=O)O)cn2[C@@H]1C[C@@H]1F. The number of nitrogen functional groups attached to an aromatic ring is 1. The highest BCUT2D eigenvalue weighted by Crippen LogP contribution is 2.46. The van der Waals surface area contributed by atoms with Crippen LogP contribution in [-0.2, 0) is 0 Å². The number of carbonyl (C=O) groups is 1. The highest BCUT2D eigenvalue weighted by Gasteiger charge is 2.49. The van der Waals surface area contributed by atoms with Gasteiger partial charge in [0.15, 0.2) is 11.6 Å². The van der Waals surface area contributed by atoms with E-state index in [1.54, 1.807) is 0 Å². The number of pyridine rings is 1. The number of benzene rings is 1. The summed E-state index contributed by atoms with van der Waals surface area (Å²) in [6.45, 7) is 0.417. The molecule has 1 aliphatic heterocycles. The molecular formula is C21H22F4N4O3. The molecule has 5 N–H and O–H groups in total. The van der Waals surface area contributed by atoms with Crippen molar-refractivity contribution in [2.24, 2.45) is 11.7 Å². The Kier molecular flexibility index (Phi) is 4.50. The van der Waals surface area contributed by atoms with Gasteiger partial charge in [0.25, 0.3) is 0 Å². The molecule has 0 spiro atoms. The Hall–Kier alpha value is -2.82. The molecule has 32 heavy (non-hydrogen) atoms. The second-order valence-corrected chi connectivity index (χ2v) is 9.19. The third kappa shape index (κ3) is 2.90. The molecule has 172 valence electrons. The average Bonchev–Trinajstić information content (AvgIpc) is 3.22. The minimum atomic E-state index is -1.60. The lowest BCUT2D eigenvalue weighted by molar-refractivity contribution is 0.0581. The van der Waals surface area contributed by atoms with Gasteiger partial charge in [-0.2, -0.15) is 0 Å². The van der Waals surface area contributed by atoms with Gasteiger partial charge in [0.1, 0.15) is 23.6 Å². The number of halogens is 4. The van der Waals surface area contributed by atoms with Gasteiger partial charge in [0.05, 0.1) is 22.6 Å². The van der Waals surface area contributed by atoms with E-state index in [0.29, 0.717) is 6.42 Å². The standard InChI is InChI=1S/C21H22F4N4O3/c22-9-4-21(27,5-9)8-1-2-28(6-8)18-14(24)16(26)13-17(15(18)25)29(12-3-11(12)23)7-10(19(13)30)20(31)32/h7-9,11-12H,1-6,26-27H2,(H,31,32)/t8?,9?,11-,12+,21?/m0/s1. The molecular weight excluding hydrogens is 432 g/mol. The first-order chi connectivity index (χ1) is 15.0. The fraction of sp³-hybridized carbons (Fsp3) is 0.524. The summed E-state index contributed by atoms with van der Waals surface area (Å²) < 4.78 is 59.4. The van der Waals surface area contributed by atoms with Crippen molar-refractivity contribution in [2.45, 2.75) is 49.6 Å². The number of carboxylic acids is 1. The van der Waals surface area contributed by atoms with Crippen molar-refractivity contribution in [3.63, 3.8) is 0 Å². The van der Waals surface area contributed by atoms with Crippen LogP contribution >= 0.6 is 0 Å². The molecule has 0 radical (unpaired) electrons. The lowest BCUT2D eigenvalue weighted by atomic mass is 9.67. The normalized spacial score (nSPS) is 31.7. The van der Waals surface area contributed by atoms with Crippen LogP contribution in [0.2, 0.25) is 0 Å². The van der Waals surface area contributed by atoms with E-state index in [1.165, 1.54) is 4.90 Å². The molecule has 11 heteroatoms. The highest BCUT2D eigenvalue weighted by atomic mass is 19.1. The molecule has 2 heterocycles. The maximum absolute atomic E-state index is 15.8. The summed E-state index contributed by atoms with van der Waals surface area (Å²) in [5, 5.41) is 8.73. The smallest absolute Gasteiger partial charge is 0.341 e. The molecule has 3 aliphatic rings. The van der Waals surface area contributed by atoms with Crippen LogP contribution in [-0.4, -0.2) is 46.6 Å². The van der Waals surface area contributed by atoms with Crippen molar-refractivity contribution in [3.05, 3.63) is 33.6 Å². The molecule has 1 unspecified atom stereocenters. The molecule has 0 amide bonds. The number of rotatable bonds is 4. The van der Waals surface area contributed by atoms with Crippen LogP contribution in [0, 0.1) is 17.6 Å². The highest BCUT2D eigenvalue weighted by molar-refractivity contribution is 5.99. The van der Waals surface area contributed by atoms with E-state index in [0.717, 1.165) is 10.8 Å². The number of nitrogens with zero attached hydrogens (tertiary/aromatic N) is 2. The predicted molar refractivity (Wildman–Crippen MR) is 109 cm³/mol. The summed E-state index contributed by atoms with van der Waals surface area (Å²) in [7, 11) is 0. The third-order valence-corrected chi connectivity index (χ3v) is 7.15. The van der Waals surface area contributed by atoms with Gasteiger partial charge >= 0.3 is 5.97 Å². The summed E-state index contributed by atoms with van der Waals surface area (Å²) in [5.74, 6) is -4.07. The summed E-state index contributed by atoms with van der Waals surface area (Å²) in [6, 6.07) is -0.876. The molecule has 5 rings (SSSR count). The van der Waals surface area contributed by atoms with Crippen LogP contribution in [0.3, 0.4) is 0 Å². The van der Waals surface area contributed by atoms with E-state index in [4.69, 9.17) is 11.5 Å². The van der Waals surface area contributed by atoms with E-state index in [1.807, 2.05) is 0 Å². The Labute approximate surface area is 179 Å². The largest absolute Gasteiger partial charge is 0.477 e. The molecule has 2 aromatic rings. The summed E-state index contributed by atoms with van der Waals surface area (Å²) in [4.78, 5) is 25.6. The number of aromatic nitrogens is 1. The van der Waals surface area contributed by atoms with Crippen molar-refractivity contribution in [1.82, 2.24) is 4.57 Å². The molecule has 1 aromatic heterocycles. The van der Waals surface area contributed by atoms with Crippen LogP contribution < -0.4 is 21.8 Å². The van der Waals surface area contributed by atoms with E-state index in [-0.39, 0.29) is 38.3 Å². The number of nitrogens with two attached hydrogens (primary N) is 2. The quantitative estimate of drug-likeness (QED) is 0.483. The summed E-state index contributed by atoms with van der Waals surface area (Å²) in [5.41, 5.74) is 7.96. The number of aromatic carboxylic acids is 1. The first-order valence-electron chi connectivity index (χ1n) is 10.4.